The Labute approximate surface area is 370 Å². The molecule has 3 aliphatic rings. The number of fused-ring (bicyclic) bond motifs is 3. The van der Waals surface area contributed by atoms with Crippen molar-refractivity contribution in [2.75, 3.05) is 0 Å². The van der Waals surface area contributed by atoms with Crippen LogP contribution in [0.5, 0.6) is 0 Å². The molecule has 10 heteroatoms. The number of hydrogen-bond acceptors (Lipinski definition) is 9. The van der Waals surface area contributed by atoms with Crippen molar-refractivity contribution in [1.29, 1.82) is 0 Å². The zero-order chi connectivity index (χ0) is 41.1. The lowest BCUT2D eigenvalue weighted by Crippen LogP contribution is -2.34. The number of nitrogens with two attached hydrogens (primary N) is 1. The van der Waals surface area contributed by atoms with Gasteiger partial charge in [-0.25, -0.2) is 15.0 Å². The minimum absolute atomic E-state index is 0.430. The standard InChI is InChI=1S/2C19H19NOS.C7H4ClNS.C5H11N/c2*1-2-6-14(7-3-1)13-21-16-10-15(11-16)12-19-20-17-8-4-5-9-18(17)22-19;8-7-9-5-3-1-2-4-6(5)10-7;1-4-2-5(6)3-4/h2*1-9,15-16H,10-13H2;1-4H;4-5H,2-3,6H2,1H3. The van der Waals surface area contributed by atoms with Gasteiger partial charge in [0.1, 0.15) is 0 Å². The molecule has 0 spiro atoms. The van der Waals surface area contributed by atoms with Gasteiger partial charge in [0.05, 0.1) is 66.1 Å². The van der Waals surface area contributed by atoms with E-state index in [1.54, 1.807) is 0 Å². The largest absolute Gasteiger partial charge is 0.374 e. The van der Waals surface area contributed by atoms with Gasteiger partial charge >= 0.3 is 0 Å². The van der Waals surface area contributed by atoms with Crippen LogP contribution >= 0.6 is 45.6 Å². The van der Waals surface area contributed by atoms with Crippen LogP contribution in [-0.2, 0) is 35.5 Å². The van der Waals surface area contributed by atoms with Crippen molar-refractivity contribution in [3.63, 3.8) is 0 Å². The molecule has 3 saturated carbocycles. The monoisotopic (exact) mass is 872 g/mol. The third-order valence-corrected chi connectivity index (χ3v) is 14.6. The first-order valence-corrected chi connectivity index (χ1v) is 24.0. The molecule has 0 bridgehead atoms. The minimum Gasteiger partial charge on any atom is -0.374 e. The van der Waals surface area contributed by atoms with Gasteiger partial charge in [-0.15, -0.1) is 34.0 Å². The summed E-state index contributed by atoms with van der Waals surface area (Å²) in [7, 11) is 0. The van der Waals surface area contributed by atoms with Crippen LogP contribution in [-0.4, -0.2) is 33.2 Å². The summed E-state index contributed by atoms with van der Waals surface area (Å²) >= 11 is 10.9. The zero-order valence-electron chi connectivity index (χ0n) is 34.1. The van der Waals surface area contributed by atoms with E-state index in [-0.39, 0.29) is 0 Å². The van der Waals surface area contributed by atoms with Crippen LogP contribution in [0.2, 0.25) is 4.47 Å². The first-order valence-electron chi connectivity index (χ1n) is 21.1. The Morgan fingerprint density at radius 2 is 0.900 bits per heavy atom. The molecular formula is C50H53ClN4O2S3. The van der Waals surface area contributed by atoms with Crippen LogP contribution in [0.15, 0.2) is 133 Å². The summed E-state index contributed by atoms with van der Waals surface area (Å²) in [5.74, 6) is 2.39. The molecule has 310 valence electrons. The van der Waals surface area contributed by atoms with E-state index in [9.17, 15) is 0 Å². The third-order valence-electron chi connectivity index (χ3n) is 11.3. The molecule has 0 saturated heterocycles. The van der Waals surface area contributed by atoms with Gasteiger partial charge in [0.2, 0.25) is 0 Å². The maximum atomic E-state index is 5.97. The number of hydrogen-bond donors (Lipinski definition) is 1. The number of benzene rings is 5. The Bertz CT molecular complexity index is 2270. The van der Waals surface area contributed by atoms with Crippen molar-refractivity contribution < 1.29 is 9.47 Å². The molecule has 5 aromatic carbocycles. The number of aromatic nitrogens is 3. The molecule has 0 aliphatic heterocycles. The van der Waals surface area contributed by atoms with Crippen LogP contribution in [0.3, 0.4) is 0 Å². The third kappa shape index (κ3) is 12.3. The molecule has 0 atom stereocenters. The second-order valence-electron chi connectivity index (χ2n) is 16.3. The number of nitrogens with zero attached hydrogens (tertiary/aromatic N) is 3. The topological polar surface area (TPSA) is 83.2 Å². The van der Waals surface area contributed by atoms with Crippen molar-refractivity contribution in [3.05, 3.63) is 159 Å². The Morgan fingerprint density at radius 3 is 1.27 bits per heavy atom. The van der Waals surface area contributed by atoms with Gasteiger partial charge in [0, 0.05) is 18.9 Å². The van der Waals surface area contributed by atoms with Crippen LogP contribution in [0, 0.1) is 17.8 Å². The van der Waals surface area contributed by atoms with E-state index in [4.69, 9.17) is 36.8 Å². The van der Waals surface area contributed by atoms with Crippen molar-refractivity contribution in [2.24, 2.45) is 23.5 Å². The maximum Gasteiger partial charge on any atom is 0.184 e. The van der Waals surface area contributed by atoms with E-state index < -0.39 is 0 Å². The van der Waals surface area contributed by atoms with Crippen LogP contribution in [0.1, 0.15) is 66.6 Å². The average molecular weight is 874 g/mol. The van der Waals surface area contributed by atoms with Gasteiger partial charge in [-0.05, 0) is 104 Å². The summed E-state index contributed by atoms with van der Waals surface area (Å²) in [6.45, 7) is 3.71. The molecule has 0 radical (unpaired) electrons. The number of rotatable bonds is 10. The van der Waals surface area contributed by atoms with Gasteiger partial charge in [-0.3, -0.25) is 0 Å². The summed E-state index contributed by atoms with van der Waals surface area (Å²) in [5, 5.41) is 2.54. The van der Waals surface area contributed by atoms with Crippen molar-refractivity contribution in [2.45, 2.75) is 89.8 Å². The minimum atomic E-state index is 0.430. The number of para-hydroxylation sites is 3. The zero-order valence-corrected chi connectivity index (χ0v) is 37.3. The van der Waals surface area contributed by atoms with Crippen LogP contribution in [0.4, 0.5) is 0 Å². The lowest BCUT2D eigenvalue weighted by atomic mass is 9.80. The highest BCUT2D eigenvalue weighted by atomic mass is 35.5. The first-order chi connectivity index (χ1) is 29.4. The second-order valence-corrected chi connectivity index (χ2v) is 20.2. The van der Waals surface area contributed by atoms with Gasteiger partial charge in [-0.2, -0.15) is 0 Å². The van der Waals surface area contributed by atoms with Gasteiger partial charge in [0.15, 0.2) is 4.47 Å². The molecule has 6 nitrogen and oxygen atoms in total. The van der Waals surface area contributed by atoms with Crippen LogP contribution < -0.4 is 5.73 Å². The van der Waals surface area contributed by atoms with E-state index in [2.05, 4.69) is 109 Å². The molecule has 3 aromatic heterocycles. The molecule has 3 fully saturated rings. The molecule has 11 rings (SSSR count). The van der Waals surface area contributed by atoms with Gasteiger partial charge in [-0.1, -0.05) is 116 Å². The molecule has 3 aliphatic carbocycles. The second kappa shape index (κ2) is 21.1. The molecule has 60 heavy (non-hydrogen) atoms. The predicted molar refractivity (Wildman–Crippen MR) is 253 cm³/mol. The van der Waals surface area contributed by atoms with E-state index in [0.717, 1.165) is 65.1 Å². The van der Waals surface area contributed by atoms with E-state index in [1.165, 1.54) is 80.4 Å². The number of thiazole rings is 3. The SMILES string of the molecule is CC1CC(N)C1.Clc1nc2ccccc2s1.c1ccc(COC2CC(Cc3nc4ccccc4s3)C2)cc1.c1ccc(COC2CC(Cc3nc4ccccc4s3)C2)cc1. The fourth-order valence-electron chi connectivity index (χ4n) is 7.85. The smallest absolute Gasteiger partial charge is 0.184 e. The van der Waals surface area contributed by atoms with Crippen molar-refractivity contribution >= 4 is 76.3 Å². The fraction of sp³-hybridized carbons (Fsp3) is 0.340. The summed E-state index contributed by atoms with van der Waals surface area (Å²) in [6, 6.07) is 46.1. The van der Waals surface area contributed by atoms with Crippen LogP contribution in [0.25, 0.3) is 30.6 Å². The number of halogens is 1. The lowest BCUT2D eigenvalue weighted by Gasteiger charge is -2.34. The predicted octanol–water partition coefficient (Wildman–Crippen LogP) is 13.4. The molecule has 3 heterocycles. The van der Waals surface area contributed by atoms with E-state index >= 15 is 0 Å². The van der Waals surface area contributed by atoms with E-state index in [0.29, 0.717) is 22.7 Å². The highest BCUT2D eigenvalue weighted by molar-refractivity contribution is 7.22. The lowest BCUT2D eigenvalue weighted by molar-refractivity contribution is -0.0399. The van der Waals surface area contributed by atoms with Gasteiger partial charge in [0.25, 0.3) is 0 Å². The molecule has 8 aromatic rings. The van der Waals surface area contributed by atoms with Crippen molar-refractivity contribution in [3.8, 4) is 0 Å². The number of ether oxygens (including phenoxy) is 2. The summed E-state index contributed by atoms with van der Waals surface area (Å²) in [4.78, 5) is 13.6. The first kappa shape index (κ1) is 42.6. The summed E-state index contributed by atoms with van der Waals surface area (Å²) in [6.07, 6.45) is 10.2. The highest BCUT2D eigenvalue weighted by Crippen LogP contribution is 2.37. The normalized spacial score (nSPS) is 21.6. The fourth-order valence-corrected chi connectivity index (χ4v) is 11.0. The molecule has 0 amide bonds. The Balaban J connectivity index is 0.000000123. The maximum absolute atomic E-state index is 5.97. The Kier molecular flexibility index (Phi) is 15.0. The van der Waals surface area contributed by atoms with Crippen molar-refractivity contribution in [1.82, 2.24) is 15.0 Å². The van der Waals surface area contributed by atoms with E-state index in [1.807, 2.05) is 59.1 Å². The highest BCUT2D eigenvalue weighted by Gasteiger charge is 2.31. The average Bonchev–Trinajstić information content (AvgIpc) is 3.96. The molecule has 2 N–H and O–H groups in total. The summed E-state index contributed by atoms with van der Waals surface area (Å²) in [5.41, 5.74) is 11.3. The Hall–Kier alpha value is -4.06. The van der Waals surface area contributed by atoms with Gasteiger partial charge < -0.3 is 15.2 Å². The Morgan fingerprint density at radius 1 is 0.517 bits per heavy atom. The quantitative estimate of drug-likeness (QED) is 0.147. The molecule has 0 unspecified atom stereocenters. The summed E-state index contributed by atoms with van der Waals surface area (Å²) < 4.78 is 16.3. The molecular weight excluding hydrogens is 820 g/mol.